The molecule has 1 aromatic carbocycles. The smallest absolute Gasteiger partial charge is 0.253 e. The average molecular weight is 266 g/mol. The van der Waals surface area contributed by atoms with Gasteiger partial charge in [-0.15, -0.1) is 0 Å². The summed E-state index contributed by atoms with van der Waals surface area (Å²) in [6.45, 7) is 6.46. The number of hydrogen-bond acceptors (Lipinski definition) is 4. The van der Waals surface area contributed by atoms with Crippen molar-refractivity contribution >= 4 is 17.3 Å². The maximum Gasteiger partial charge on any atom is 0.253 e. The third-order valence-corrected chi connectivity index (χ3v) is 2.49. The van der Waals surface area contributed by atoms with Gasteiger partial charge in [0.25, 0.3) is 5.91 Å². The Labute approximate surface area is 114 Å². The van der Waals surface area contributed by atoms with E-state index in [0.717, 1.165) is 0 Å². The Morgan fingerprint density at radius 1 is 1.21 bits per heavy atom. The molecule has 0 spiro atoms. The molecule has 0 aromatic heterocycles. The highest BCUT2D eigenvalue weighted by atomic mass is 16.5. The van der Waals surface area contributed by atoms with Crippen LogP contribution in [0.25, 0.3) is 0 Å². The summed E-state index contributed by atoms with van der Waals surface area (Å²) in [6, 6.07) is 7.11. The van der Waals surface area contributed by atoms with Crippen molar-refractivity contribution in [1.82, 2.24) is 0 Å². The fourth-order valence-electron chi connectivity index (χ4n) is 1.43. The van der Waals surface area contributed by atoms with E-state index in [1.165, 1.54) is 0 Å². The third-order valence-electron chi connectivity index (χ3n) is 2.49. The summed E-state index contributed by atoms with van der Waals surface area (Å²) in [4.78, 5) is 11.9. The molecule has 1 unspecified atom stereocenters. The predicted molar refractivity (Wildman–Crippen MR) is 76.0 cm³/mol. The van der Waals surface area contributed by atoms with Gasteiger partial charge in [0.2, 0.25) is 0 Å². The summed E-state index contributed by atoms with van der Waals surface area (Å²) in [5, 5.41) is 2.73. The van der Waals surface area contributed by atoms with Crippen LogP contribution in [0.1, 0.15) is 20.8 Å². The molecule has 1 atom stereocenters. The van der Waals surface area contributed by atoms with Crippen LogP contribution >= 0.6 is 0 Å². The maximum absolute atomic E-state index is 11.9. The lowest BCUT2D eigenvalue weighted by molar-refractivity contribution is -0.127. The number of nitrogens with one attached hydrogen (secondary N) is 1. The molecule has 0 aliphatic rings. The molecule has 1 aromatic rings. The highest BCUT2D eigenvalue weighted by Crippen LogP contribution is 2.17. The number of amides is 1. The van der Waals surface area contributed by atoms with Gasteiger partial charge < -0.3 is 20.5 Å². The minimum absolute atomic E-state index is 0.164. The fourth-order valence-corrected chi connectivity index (χ4v) is 1.43. The molecule has 0 aliphatic heterocycles. The number of ether oxygens (including phenoxy) is 2. The van der Waals surface area contributed by atoms with E-state index in [2.05, 4.69) is 5.32 Å². The lowest BCUT2D eigenvalue weighted by atomic mass is 10.2. The zero-order chi connectivity index (χ0) is 14.3. The van der Waals surface area contributed by atoms with Gasteiger partial charge in [-0.3, -0.25) is 4.79 Å². The Balaban J connectivity index is 2.35. The first-order valence-corrected chi connectivity index (χ1v) is 6.39. The maximum atomic E-state index is 11.9. The molecule has 0 bridgehead atoms. The number of nitrogens with two attached hydrogens (primary N) is 1. The van der Waals surface area contributed by atoms with Gasteiger partial charge in [-0.05, 0) is 32.9 Å². The molecule has 0 aliphatic carbocycles. The van der Waals surface area contributed by atoms with E-state index in [9.17, 15) is 4.79 Å². The van der Waals surface area contributed by atoms with Crippen LogP contribution in [0.4, 0.5) is 11.4 Å². The van der Waals surface area contributed by atoms with Gasteiger partial charge in [-0.2, -0.15) is 0 Å². The Bertz CT molecular complexity index is 407. The van der Waals surface area contributed by atoms with Gasteiger partial charge in [0, 0.05) is 0 Å². The second kappa shape index (κ2) is 7.76. The van der Waals surface area contributed by atoms with Gasteiger partial charge in [-0.1, -0.05) is 12.1 Å². The zero-order valence-corrected chi connectivity index (χ0v) is 11.7. The molecule has 0 heterocycles. The van der Waals surface area contributed by atoms with E-state index >= 15 is 0 Å². The number of carbonyl (C=O) groups is 1. The normalized spacial score (nSPS) is 12.4. The van der Waals surface area contributed by atoms with Gasteiger partial charge in [-0.25, -0.2) is 0 Å². The number of para-hydroxylation sites is 2. The minimum Gasteiger partial charge on any atom is -0.397 e. The van der Waals surface area contributed by atoms with Crippen LogP contribution in [0, 0.1) is 0 Å². The van der Waals surface area contributed by atoms with Crippen molar-refractivity contribution in [3.05, 3.63) is 24.3 Å². The van der Waals surface area contributed by atoms with Crippen LogP contribution in [-0.2, 0) is 14.3 Å². The van der Waals surface area contributed by atoms with Crippen molar-refractivity contribution in [2.24, 2.45) is 0 Å². The summed E-state index contributed by atoms with van der Waals surface area (Å²) in [5.41, 5.74) is 6.88. The van der Waals surface area contributed by atoms with Crippen LogP contribution in [0.5, 0.6) is 0 Å². The molecule has 5 nitrogen and oxygen atoms in total. The largest absolute Gasteiger partial charge is 0.397 e. The molecule has 0 saturated carbocycles. The van der Waals surface area contributed by atoms with Crippen molar-refractivity contribution in [3.63, 3.8) is 0 Å². The molecular weight excluding hydrogens is 244 g/mol. The second-order valence-electron chi connectivity index (χ2n) is 4.51. The van der Waals surface area contributed by atoms with Gasteiger partial charge in [0.05, 0.1) is 30.7 Å². The molecule has 0 fully saturated rings. The number of benzene rings is 1. The Kier molecular flexibility index (Phi) is 6.32. The van der Waals surface area contributed by atoms with Crippen molar-refractivity contribution in [2.45, 2.75) is 33.0 Å². The third kappa shape index (κ3) is 5.72. The Morgan fingerprint density at radius 2 is 1.84 bits per heavy atom. The topological polar surface area (TPSA) is 73.6 Å². The molecule has 106 valence electrons. The van der Waals surface area contributed by atoms with E-state index in [1.807, 2.05) is 26.0 Å². The molecular formula is C14H22N2O3. The van der Waals surface area contributed by atoms with E-state index in [1.54, 1.807) is 19.1 Å². The number of nitrogen functional groups attached to an aromatic ring is 1. The average Bonchev–Trinajstić information content (AvgIpc) is 2.36. The minimum atomic E-state index is -0.546. The van der Waals surface area contributed by atoms with Crippen LogP contribution in [0.15, 0.2) is 24.3 Å². The number of hydrogen-bond donors (Lipinski definition) is 2. The molecule has 1 amide bonds. The Hall–Kier alpha value is -1.59. The summed E-state index contributed by atoms with van der Waals surface area (Å²) in [6.07, 6.45) is -0.382. The van der Waals surface area contributed by atoms with Gasteiger partial charge in [0.15, 0.2) is 0 Å². The molecule has 0 radical (unpaired) electrons. The quantitative estimate of drug-likeness (QED) is 0.585. The highest BCUT2D eigenvalue weighted by molar-refractivity contribution is 5.96. The Morgan fingerprint density at radius 3 is 2.47 bits per heavy atom. The molecule has 3 N–H and O–H groups in total. The second-order valence-corrected chi connectivity index (χ2v) is 4.51. The van der Waals surface area contributed by atoms with E-state index in [4.69, 9.17) is 15.2 Å². The van der Waals surface area contributed by atoms with Crippen molar-refractivity contribution in [2.75, 3.05) is 24.3 Å². The van der Waals surface area contributed by atoms with E-state index in [0.29, 0.717) is 24.6 Å². The molecule has 19 heavy (non-hydrogen) atoms. The first kappa shape index (κ1) is 15.5. The van der Waals surface area contributed by atoms with Crippen molar-refractivity contribution in [1.29, 1.82) is 0 Å². The molecule has 1 rings (SSSR count). The first-order chi connectivity index (χ1) is 9.00. The lowest BCUT2D eigenvalue weighted by Gasteiger charge is -2.15. The van der Waals surface area contributed by atoms with Crippen LogP contribution in [-0.4, -0.2) is 31.3 Å². The SMILES string of the molecule is CC(C)OCCOC(C)C(=O)Nc1ccccc1N. The molecule has 0 saturated heterocycles. The van der Waals surface area contributed by atoms with Crippen molar-refractivity contribution in [3.8, 4) is 0 Å². The summed E-state index contributed by atoms with van der Waals surface area (Å²) in [5.74, 6) is -0.220. The zero-order valence-electron chi connectivity index (χ0n) is 11.7. The molecule has 5 heteroatoms. The first-order valence-electron chi connectivity index (χ1n) is 6.39. The van der Waals surface area contributed by atoms with E-state index in [-0.39, 0.29) is 12.0 Å². The van der Waals surface area contributed by atoms with Gasteiger partial charge in [0.1, 0.15) is 6.10 Å². The van der Waals surface area contributed by atoms with Crippen LogP contribution in [0.3, 0.4) is 0 Å². The van der Waals surface area contributed by atoms with Crippen molar-refractivity contribution < 1.29 is 14.3 Å². The summed E-state index contributed by atoms with van der Waals surface area (Å²) >= 11 is 0. The summed E-state index contributed by atoms with van der Waals surface area (Å²) in [7, 11) is 0. The fraction of sp³-hybridized carbons (Fsp3) is 0.500. The number of rotatable bonds is 7. The summed E-state index contributed by atoms with van der Waals surface area (Å²) < 4.78 is 10.7. The lowest BCUT2D eigenvalue weighted by Crippen LogP contribution is -2.29. The number of carbonyl (C=O) groups excluding carboxylic acids is 1. The predicted octanol–water partition coefficient (Wildman–Crippen LogP) is 2.04. The van der Waals surface area contributed by atoms with Gasteiger partial charge >= 0.3 is 0 Å². The van der Waals surface area contributed by atoms with E-state index < -0.39 is 6.10 Å². The number of anilines is 2. The van der Waals surface area contributed by atoms with Crippen LogP contribution < -0.4 is 11.1 Å². The van der Waals surface area contributed by atoms with Crippen LogP contribution in [0.2, 0.25) is 0 Å². The standard InChI is InChI=1S/C14H22N2O3/c1-10(2)18-8-9-19-11(3)14(17)16-13-7-5-4-6-12(13)15/h4-7,10-11H,8-9,15H2,1-3H3,(H,16,17). The highest BCUT2D eigenvalue weighted by Gasteiger charge is 2.14. The monoisotopic (exact) mass is 266 g/mol.